The molecule has 1 aromatic carbocycles. The molecule has 3 aromatic heterocycles. The van der Waals surface area contributed by atoms with Gasteiger partial charge in [-0.2, -0.15) is 0 Å². The first-order valence-electron chi connectivity index (χ1n) is 12.8. The Kier molecular flexibility index (Phi) is 6.49. The fourth-order valence-corrected chi connectivity index (χ4v) is 5.87. The van der Waals surface area contributed by atoms with Gasteiger partial charge in [-0.15, -0.1) is 0 Å². The van der Waals surface area contributed by atoms with Crippen LogP contribution in [-0.2, 0) is 0 Å². The summed E-state index contributed by atoms with van der Waals surface area (Å²) in [7, 11) is 0. The highest BCUT2D eigenvalue weighted by Gasteiger charge is 2.21. The average molecular weight is 509 g/mol. The van der Waals surface area contributed by atoms with Gasteiger partial charge in [0.25, 0.3) is 5.91 Å². The van der Waals surface area contributed by atoms with Crippen molar-refractivity contribution >= 4 is 44.7 Å². The molecule has 0 saturated heterocycles. The van der Waals surface area contributed by atoms with Crippen LogP contribution in [0.25, 0.3) is 26.5 Å². The minimum absolute atomic E-state index is 0.273. The summed E-state index contributed by atoms with van der Waals surface area (Å²) < 4.78 is 0. The molecule has 6 rings (SSSR count). The number of pyridine rings is 1. The first kappa shape index (κ1) is 23.5. The van der Waals surface area contributed by atoms with Crippen LogP contribution in [0, 0.1) is 5.92 Å². The average Bonchev–Trinajstić information content (AvgIpc) is 3.59. The van der Waals surface area contributed by atoms with Gasteiger partial charge >= 0.3 is 0 Å². The molecule has 1 amide bonds. The summed E-state index contributed by atoms with van der Waals surface area (Å²) in [5, 5.41) is 7.45. The van der Waals surface area contributed by atoms with Gasteiger partial charge in [-0.1, -0.05) is 61.5 Å². The standard InChI is InChI=1S/C29H28N6OS/c1-18-8-6-9-19(16-18)26-32-24(17-25(35-26)31-20-10-2-3-11-20)27(36)33-22-13-5-4-12-21(22)28-34-23-14-7-15-30-29(23)37-28/h4-9,12-15,17-18,20H,2-3,10-11,16H2,1H3,(H,33,36)(H,31,32,35). The summed E-state index contributed by atoms with van der Waals surface area (Å²) in [5.41, 5.74) is 3.77. The van der Waals surface area contributed by atoms with Crippen LogP contribution in [0.2, 0.25) is 0 Å². The molecule has 186 valence electrons. The van der Waals surface area contributed by atoms with Crippen LogP contribution in [0.5, 0.6) is 0 Å². The molecule has 4 aromatic rings. The molecule has 8 heteroatoms. The Bertz CT molecular complexity index is 1480. The topological polar surface area (TPSA) is 92.7 Å². The maximum atomic E-state index is 13.6. The molecule has 0 bridgehead atoms. The lowest BCUT2D eigenvalue weighted by molar-refractivity contribution is 0.102. The number of hydrogen-bond donors (Lipinski definition) is 2. The lowest BCUT2D eigenvalue weighted by atomic mass is 9.95. The zero-order valence-electron chi connectivity index (χ0n) is 20.6. The van der Waals surface area contributed by atoms with E-state index in [1.54, 1.807) is 12.3 Å². The number of allylic oxidation sites excluding steroid dienone is 4. The van der Waals surface area contributed by atoms with Gasteiger partial charge in [-0.25, -0.2) is 19.9 Å². The van der Waals surface area contributed by atoms with Crippen molar-refractivity contribution in [3.05, 3.63) is 78.4 Å². The minimum atomic E-state index is -0.273. The Labute approximate surface area is 219 Å². The molecule has 1 saturated carbocycles. The van der Waals surface area contributed by atoms with E-state index < -0.39 is 0 Å². The van der Waals surface area contributed by atoms with Gasteiger partial charge in [-0.3, -0.25) is 4.79 Å². The molecule has 1 atom stereocenters. The molecule has 7 nitrogen and oxygen atoms in total. The van der Waals surface area contributed by atoms with Gasteiger partial charge in [0.1, 0.15) is 26.9 Å². The number of para-hydroxylation sites is 1. The van der Waals surface area contributed by atoms with Gasteiger partial charge in [-0.05, 0) is 55.0 Å². The molecule has 2 N–H and O–H groups in total. The van der Waals surface area contributed by atoms with Crippen molar-refractivity contribution in [3.63, 3.8) is 0 Å². The number of thiazole rings is 1. The van der Waals surface area contributed by atoms with E-state index in [0.717, 1.165) is 45.8 Å². The summed E-state index contributed by atoms with van der Waals surface area (Å²) in [4.78, 5) is 33.1. The predicted octanol–water partition coefficient (Wildman–Crippen LogP) is 6.73. The van der Waals surface area contributed by atoms with Crippen LogP contribution < -0.4 is 10.6 Å². The van der Waals surface area contributed by atoms with Gasteiger partial charge in [0.2, 0.25) is 0 Å². The Morgan fingerprint density at radius 1 is 1.05 bits per heavy atom. The molecule has 0 radical (unpaired) electrons. The van der Waals surface area contributed by atoms with E-state index in [2.05, 4.69) is 28.6 Å². The maximum absolute atomic E-state index is 13.6. The Balaban J connectivity index is 1.33. The van der Waals surface area contributed by atoms with E-state index in [1.807, 2.05) is 48.6 Å². The SMILES string of the molecule is CC1C=CC=C(c2nc(NC3CCCC3)cc(C(=O)Nc3ccccc3-c3nc4cccnc4s3)n2)C1. The third kappa shape index (κ3) is 5.15. The van der Waals surface area contributed by atoms with Crippen LogP contribution in [0.15, 0.2) is 66.9 Å². The number of nitrogens with zero attached hydrogens (tertiary/aromatic N) is 4. The van der Waals surface area contributed by atoms with E-state index in [-0.39, 0.29) is 5.91 Å². The fraction of sp³-hybridized carbons (Fsp3) is 0.276. The number of amides is 1. The van der Waals surface area contributed by atoms with Crippen molar-refractivity contribution in [1.82, 2.24) is 19.9 Å². The van der Waals surface area contributed by atoms with Crippen molar-refractivity contribution < 1.29 is 4.79 Å². The van der Waals surface area contributed by atoms with Crippen LogP contribution in [0.1, 0.15) is 55.3 Å². The molecule has 3 heterocycles. The number of carbonyl (C=O) groups is 1. The second-order valence-electron chi connectivity index (χ2n) is 9.69. The number of nitrogens with one attached hydrogen (secondary N) is 2. The first-order valence-corrected chi connectivity index (χ1v) is 13.6. The molecule has 1 unspecified atom stereocenters. The molecular formula is C29H28N6OS. The number of anilines is 2. The summed E-state index contributed by atoms with van der Waals surface area (Å²) in [6.07, 6.45) is 13.6. The zero-order valence-corrected chi connectivity index (χ0v) is 21.5. The quantitative estimate of drug-likeness (QED) is 0.300. The van der Waals surface area contributed by atoms with Gasteiger partial charge in [0, 0.05) is 23.9 Å². The molecule has 2 aliphatic carbocycles. The number of hydrogen-bond acceptors (Lipinski definition) is 7. The third-order valence-electron chi connectivity index (χ3n) is 6.80. The van der Waals surface area contributed by atoms with Crippen molar-refractivity contribution in [2.45, 2.75) is 45.1 Å². The number of carbonyl (C=O) groups excluding carboxylic acids is 1. The van der Waals surface area contributed by atoms with Crippen LogP contribution in [-0.4, -0.2) is 31.9 Å². The molecule has 2 aliphatic rings. The van der Waals surface area contributed by atoms with Crippen molar-refractivity contribution in [1.29, 1.82) is 0 Å². The predicted molar refractivity (Wildman–Crippen MR) is 150 cm³/mol. The third-order valence-corrected chi connectivity index (χ3v) is 7.82. The number of rotatable bonds is 6. The molecule has 0 aliphatic heterocycles. The second kappa shape index (κ2) is 10.2. The fourth-order valence-electron chi connectivity index (χ4n) is 4.92. The first-order chi connectivity index (χ1) is 18.1. The highest BCUT2D eigenvalue weighted by Crippen LogP contribution is 2.34. The van der Waals surface area contributed by atoms with Gasteiger partial charge in [0.05, 0.1) is 5.69 Å². The molecule has 37 heavy (non-hydrogen) atoms. The van der Waals surface area contributed by atoms with Gasteiger partial charge < -0.3 is 10.6 Å². The Morgan fingerprint density at radius 3 is 2.76 bits per heavy atom. The normalized spacial score (nSPS) is 17.6. The van der Waals surface area contributed by atoms with E-state index in [4.69, 9.17) is 15.0 Å². The van der Waals surface area contributed by atoms with Crippen molar-refractivity contribution in [2.24, 2.45) is 5.92 Å². The molecular weight excluding hydrogens is 480 g/mol. The summed E-state index contributed by atoms with van der Waals surface area (Å²) >= 11 is 1.51. The lowest BCUT2D eigenvalue weighted by Gasteiger charge is -2.18. The maximum Gasteiger partial charge on any atom is 0.274 e. The van der Waals surface area contributed by atoms with Crippen LogP contribution in [0.3, 0.4) is 0 Å². The number of fused-ring (bicyclic) bond motifs is 1. The van der Waals surface area contributed by atoms with Crippen LogP contribution >= 0.6 is 11.3 Å². The lowest BCUT2D eigenvalue weighted by Crippen LogP contribution is -2.20. The zero-order chi connectivity index (χ0) is 25.2. The largest absolute Gasteiger partial charge is 0.367 e. The summed E-state index contributed by atoms with van der Waals surface area (Å²) in [6, 6.07) is 13.7. The minimum Gasteiger partial charge on any atom is -0.367 e. The Hall–Kier alpha value is -3.91. The summed E-state index contributed by atoms with van der Waals surface area (Å²) in [6.45, 7) is 2.17. The second-order valence-corrected chi connectivity index (χ2v) is 10.7. The number of aromatic nitrogens is 4. The van der Waals surface area contributed by atoms with E-state index in [0.29, 0.717) is 35.0 Å². The van der Waals surface area contributed by atoms with Crippen molar-refractivity contribution in [3.8, 4) is 10.6 Å². The monoisotopic (exact) mass is 508 g/mol. The van der Waals surface area contributed by atoms with Crippen LogP contribution in [0.4, 0.5) is 11.5 Å². The van der Waals surface area contributed by atoms with E-state index in [1.165, 1.54) is 24.2 Å². The van der Waals surface area contributed by atoms with Gasteiger partial charge in [0.15, 0.2) is 5.82 Å². The number of benzene rings is 1. The summed E-state index contributed by atoms with van der Waals surface area (Å²) in [5.74, 6) is 1.44. The van der Waals surface area contributed by atoms with E-state index >= 15 is 0 Å². The Morgan fingerprint density at radius 2 is 1.92 bits per heavy atom. The molecule has 0 spiro atoms. The smallest absolute Gasteiger partial charge is 0.274 e. The highest BCUT2D eigenvalue weighted by atomic mass is 32.1. The molecule has 1 fully saturated rings. The highest BCUT2D eigenvalue weighted by molar-refractivity contribution is 7.21. The van der Waals surface area contributed by atoms with Crippen molar-refractivity contribution in [2.75, 3.05) is 10.6 Å². The van der Waals surface area contributed by atoms with E-state index in [9.17, 15) is 4.79 Å².